The lowest BCUT2D eigenvalue weighted by molar-refractivity contribution is 0.110. The molecule has 124 valence electrons. The summed E-state index contributed by atoms with van der Waals surface area (Å²) in [6, 6.07) is 5.93. The lowest BCUT2D eigenvalue weighted by Gasteiger charge is -2.32. The Hall–Kier alpha value is -1.25. The van der Waals surface area contributed by atoms with E-state index in [1.54, 1.807) is 0 Å². The molecule has 0 radical (unpaired) electrons. The van der Waals surface area contributed by atoms with Crippen molar-refractivity contribution in [2.45, 2.75) is 45.1 Å². The molecular formula is C20H26ClNO. The van der Waals surface area contributed by atoms with Crippen molar-refractivity contribution in [1.82, 2.24) is 5.32 Å². The van der Waals surface area contributed by atoms with Gasteiger partial charge in [-0.25, -0.2) is 0 Å². The number of nitrogens with one attached hydrogen (secondary N) is 1. The Morgan fingerprint density at radius 1 is 1.30 bits per heavy atom. The fourth-order valence-corrected chi connectivity index (χ4v) is 3.63. The van der Waals surface area contributed by atoms with Crippen LogP contribution in [0.25, 0.3) is 0 Å². The summed E-state index contributed by atoms with van der Waals surface area (Å²) in [6.07, 6.45) is 12.7. The van der Waals surface area contributed by atoms with Gasteiger partial charge in [0.1, 0.15) is 11.9 Å². The molecule has 1 saturated heterocycles. The van der Waals surface area contributed by atoms with Gasteiger partial charge in [0.15, 0.2) is 0 Å². The Morgan fingerprint density at radius 3 is 2.87 bits per heavy atom. The first kappa shape index (κ1) is 16.6. The summed E-state index contributed by atoms with van der Waals surface area (Å²) in [5.74, 6) is 1.55. The van der Waals surface area contributed by atoms with Crippen LogP contribution in [0.15, 0.2) is 42.0 Å². The van der Waals surface area contributed by atoms with Crippen molar-refractivity contribution in [2.24, 2.45) is 5.92 Å². The molecule has 1 aromatic carbocycles. The fraction of sp³-hybridized carbons (Fsp3) is 0.500. The molecule has 1 fully saturated rings. The van der Waals surface area contributed by atoms with Gasteiger partial charge in [-0.1, -0.05) is 41.5 Å². The van der Waals surface area contributed by atoms with Gasteiger partial charge in [-0.15, -0.1) is 0 Å². The maximum Gasteiger partial charge on any atom is 0.124 e. The van der Waals surface area contributed by atoms with E-state index in [0.717, 1.165) is 48.7 Å². The summed E-state index contributed by atoms with van der Waals surface area (Å²) in [4.78, 5) is 0. The van der Waals surface area contributed by atoms with E-state index >= 15 is 0 Å². The number of hydrogen-bond donors (Lipinski definition) is 1. The second-order valence-electron chi connectivity index (χ2n) is 6.65. The first-order chi connectivity index (χ1) is 11.2. The topological polar surface area (TPSA) is 21.3 Å². The normalized spacial score (nSPS) is 20.2. The highest BCUT2D eigenvalue weighted by Crippen LogP contribution is 2.31. The van der Waals surface area contributed by atoms with Crippen LogP contribution in [0.2, 0.25) is 5.02 Å². The maximum absolute atomic E-state index is 6.49. The second kappa shape index (κ2) is 8.03. The van der Waals surface area contributed by atoms with Crippen LogP contribution in [0.4, 0.5) is 0 Å². The van der Waals surface area contributed by atoms with Crippen molar-refractivity contribution in [1.29, 1.82) is 0 Å². The minimum atomic E-state index is 0.243. The number of hydrogen-bond acceptors (Lipinski definition) is 2. The first-order valence-corrected chi connectivity index (χ1v) is 9.08. The Kier molecular flexibility index (Phi) is 5.80. The minimum Gasteiger partial charge on any atom is -0.489 e. The van der Waals surface area contributed by atoms with Gasteiger partial charge < -0.3 is 10.1 Å². The summed E-state index contributed by atoms with van der Waals surface area (Å²) >= 11 is 6.17. The first-order valence-electron chi connectivity index (χ1n) is 8.70. The second-order valence-corrected chi connectivity index (χ2v) is 7.09. The van der Waals surface area contributed by atoms with E-state index in [1.165, 1.54) is 18.4 Å². The van der Waals surface area contributed by atoms with Crippen LogP contribution in [0.1, 0.15) is 37.7 Å². The molecule has 0 bridgehead atoms. The van der Waals surface area contributed by atoms with Gasteiger partial charge in [-0.05, 0) is 69.3 Å². The number of ether oxygens (including phenoxy) is 1. The monoisotopic (exact) mass is 331 g/mol. The molecule has 3 rings (SSSR count). The van der Waals surface area contributed by atoms with Crippen LogP contribution in [-0.2, 0) is 0 Å². The standard InChI is InChI=1S/C20H26ClNO/c1-15-7-8-18(21)14-19(15)23-20(17-9-11-22-12-10-17)13-16-5-3-2-4-6-16/h2-3,5,7-8,14,17,20,22H,4,6,9-13H2,1H3. The van der Waals surface area contributed by atoms with Crippen molar-refractivity contribution in [2.75, 3.05) is 13.1 Å². The van der Waals surface area contributed by atoms with Crippen LogP contribution < -0.4 is 10.1 Å². The van der Waals surface area contributed by atoms with Crippen LogP contribution in [0.3, 0.4) is 0 Å². The van der Waals surface area contributed by atoms with Crippen LogP contribution in [-0.4, -0.2) is 19.2 Å². The molecule has 1 unspecified atom stereocenters. The average molecular weight is 332 g/mol. The van der Waals surface area contributed by atoms with E-state index in [0.29, 0.717) is 5.92 Å². The minimum absolute atomic E-state index is 0.243. The van der Waals surface area contributed by atoms with Crippen molar-refractivity contribution < 1.29 is 4.74 Å². The van der Waals surface area contributed by atoms with Crippen LogP contribution >= 0.6 is 11.6 Å². The lowest BCUT2D eigenvalue weighted by atomic mass is 9.86. The molecule has 1 atom stereocenters. The molecule has 0 spiro atoms. The summed E-state index contributed by atoms with van der Waals surface area (Å²) in [5, 5.41) is 4.20. The summed E-state index contributed by atoms with van der Waals surface area (Å²) < 4.78 is 6.49. The molecule has 2 aliphatic rings. The zero-order valence-corrected chi connectivity index (χ0v) is 14.6. The Labute approximate surface area is 144 Å². The largest absolute Gasteiger partial charge is 0.489 e. The van der Waals surface area contributed by atoms with Gasteiger partial charge >= 0.3 is 0 Å². The quantitative estimate of drug-likeness (QED) is 0.814. The third-order valence-corrected chi connectivity index (χ3v) is 5.14. The van der Waals surface area contributed by atoms with E-state index in [4.69, 9.17) is 16.3 Å². The number of halogens is 1. The molecular weight excluding hydrogens is 306 g/mol. The zero-order valence-electron chi connectivity index (χ0n) is 13.9. The van der Waals surface area contributed by atoms with E-state index in [-0.39, 0.29) is 6.10 Å². The predicted octanol–water partition coefficient (Wildman–Crippen LogP) is 5.06. The van der Waals surface area contributed by atoms with E-state index in [1.807, 2.05) is 18.2 Å². The maximum atomic E-state index is 6.49. The molecule has 0 saturated carbocycles. The van der Waals surface area contributed by atoms with Gasteiger partial charge in [0, 0.05) is 11.4 Å². The molecule has 2 nitrogen and oxygen atoms in total. The molecule has 1 heterocycles. The Bertz CT molecular complexity index is 587. The number of benzene rings is 1. The van der Waals surface area contributed by atoms with Gasteiger partial charge in [-0.3, -0.25) is 0 Å². The number of piperidine rings is 1. The van der Waals surface area contributed by atoms with Crippen molar-refractivity contribution in [3.05, 3.63) is 52.6 Å². The molecule has 1 aliphatic carbocycles. The number of aryl methyl sites for hydroxylation is 1. The molecule has 1 aliphatic heterocycles. The molecule has 0 aromatic heterocycles. The highest BCUT2D eigenvalue weighted by molar-refractivity contribution is 6.30. The van der Waals surface area contributed by atoms with Crippen LogP contribution in [0, 0.1) is 12.8 Å². The number of rotatable bonds is 5. The van der Waals surface area contributed by atoms with Crippen molar-refractivity contribution in [3.63, 3.8) is 0 Å². The SMILES string of the molecule is Cc1ccc(Cl)cc1OC(CC1=CC=CCC1)C1CCNCC1. The smallest absolute Gasteiger partial charge is 0.124 e. The predicted molar refractivity (Wildman–Crippen MR) is 97.3 cm³/mol. The van der Waals surface area contributed by atoms with Crippen molar-refractivity contribution >= 4 is 11.6 Å². The van der Waals surface area contributed by atoms with Gasteiger partial charge in [0.25, 0.3) is 0 Å². The summed E-state index contributed by atoms with van der Waals surface area (Å²) in [5.41, 5.74) is 2.67. The van der Waals surface area contributed by atoms with Gasteiger partial charge in [0.2, 0.25) is 0 Å². The van der Waals surface area contributed by atoms with E-state index in [9.17, 15) is 0 Å². The molecule has 1 aromatic rings. The summed E-state index contributed by atoms with van der Waals surface area (Å²) in [7, 11) is 0. The van der Waals surface area contributed by atoms with Gasteiger partial charge in [-0.2, -0.15) is 0 Å². The third-order valence-electron chi connectivity index (χ3n) is 4.90. The zero-order chi connectivity index (χ0) is 16.1. The van der Waals surface area contributed by atoms with E-state index < -0.39 is 0 Å². The number of allylic oxidation sites excluding steroid dienone is 3. The van der Waals surface area contributed by atoms with E-state index in [2.05, 4.69) is 30.5 Å². The van der Waals surface area contributed by atoms with Crippen molar-refractivity contribution in [3.8, 4) is 5.75 Å². The molecule has 3 heteroatoms. The average Bonchev–Trinajstić information content (AvgIpc) is 2.59. The lowest BCUT2D eigenvalue weighted by Crippen LogP contribution is -2.37. The highest BCUT2D eigenvalue weighted by atomic mass is 35.5. The summed E-state index contributed by atoms with van der Waals surface area (Å²) in [6.45, 7) is 4.28. The van der Waals surface area contributed by atoms with Gasteiger partial charge in [0.05, 0.1) is 0 Å². The molecule has 23 heavy (non-hydrogen) atoms. The molecule has 0 amide bonds. The Morgan fingerprint density at radius 2 is 2.13 bits per heavy atom. The molecule has 1 N–H and O–H groups in total. The highest BCUT2D eigenvalue weighted by Gasteiger charge is 2.26. The Balaban J connectivity index is 1.77. The fourth-order valence-electron chi connectivity index (χ4n) is 3.47. The van der Waals surface area contributed by atoms with Crippen LogP contribution in [0.5, 0.6) is 5.75 Å². The third kappa shape index (κ3) is 4.62.